The van der Waals surface area contributed by atoms with Gasteiger partial charge in [0.2, 0.25) is 0 Å². The predicted molar refractivity (Wildman–Crippen MR) is 87.5 cm³/mol. The third-order valence-electron chi connectivity index (χ3n) is 3.11. The Morgan fingerprint density at radius 3 is 2.71 bits per heavy atom. The lowest BCUT2D eigenvalue weighted by Gasteiger charge is -2.09. The van der Waals surface area contributed by atoms with Crippen LogP contribution in [0, 0.1) is 0 Å². The highest BCUT2D eigenvalue weighted by atomic mass is 32.1. The maximum atomic E-state index is 12.0. The first-order chi connectivity index (χ1) is 10.3. The highest BCUT2D eigenvalue weighted by Gasteiger charge is 2.12. The molecule has 0 aliphatic carbocycles. The molecule has 3 rings (SSSR count). The number of ether oxygens (including phenoxy) is 1. The van der Waals surface area contributed by atoms with Gasteiger partial charge >= 0.3 is 5.97 Å². The van der Waals surface area contributed by atoms with Gasteiger partial charge in [-0.1, -0.05) is 30.3 Å². The monoisotopic (exact) mass is 297 g/mol. The van der Waals surface area contributed by atoms with Crippen molar-refractivity contribution in [2.45, 2.75) is 6.92 Å². The summed E-state index contributed by atoms with van der Waals surface area (Å²) in [5.41, 5.74) is 1.32. The Bertz CT molecular complexity index is 746. The number of anilines is 2. The van der Waals surface area contributed by atoms with E-state index in [0.29, 0.717) is 12.2 Å². The summed E-state index contributed by atoms with van der Waals surface area (Å²) in [6.07, 6.45) is 0. The van der Waals surface area contributed by atoms with Gasteiger partial charge < -0.3 is 10.1 Å². The summed E-state index contributed by atoms with van der Waals surface area (Å²) < 4.78 is 6.31. The van der Waals surface area contributed by atoms with Crippen LogP contribution < -0.4 is 5.32 Å². The van der Waals surface area contributed by atoms with E-state index in [2.05, 4.69) is 23.5 Å². The molecule has 3 nitrogen and oxygen atoms in total. The third-order valence-corrected chi connectivity index (χ3v) is 4.14. The van der Waals surface area contributed by atoms with Crippen LogP contribution in [0.5, 0.6) is 0 Å². The van der Waals surface area contributed by atoms with Crippen molar-refractivity contribution >= 4 is 38.1 Å². The van der Waals surface area contributed by atoms with Crippen molar-refractivity contribution in [3.8, 4) is 0 Å². The van der Waals surface area contributed by atoms with Crippen LogP contribution in [-0.4, -0.2) is 12.6 Å². The van der Waals surface area contributed by atoms with Crippen molar-refractivity contribution in [1.82, 2.24) is 0 Å². The fourth-order valence-corrected chi connectivity index (χ4v) is 3.13. The standard InChI is InChI=1S/C17H15NO2S/c1-2-20-17(19)13-8-4-5-9-14(13)18-16-11-12-7-3-6-10-15(12)21-16/h3-11,18H,2H2,1H3. The van der Waals surface area contributed by atoms with Crippen LogP contribution in [0.2, 0.25) is 0 Å². The highest BCUT2D eigenvalue weighted by Crippen LogP contribution is 2.32. The third kappa shape index (κ3) is 2.90. The molecule has 1 aromatic heterocycles. The number of esters is 1. The average Bonchev–Trinajstić information content (AvgIpc) is 2.90. The molecule has 0 aliphatic rings. The van der Waals surface area contributed by atoms with E-state index in [4.69, 9.17) is 4.74 Å². The first-order valence-corrected chi connectivity index (χ1v) is 7.61. The van der Waals surface area contributed by atoms with Crippen LogP contribution in [0.3, 0.4) is 0 Å². The Kier molecular flexibility index (Phi) is 3.88. The lowest BCUT2D eigenvalue weighted by Crippen LogP contribution is -2.07. The molecule has 0 fully saturated rings. The maximum Gasteiger partial charge on any atom is 0.340 e. The number of carbonyl (C=O) groups excluding carboxylic acids is 1. The van der Waals surface area contributed by atoms with E-state index in [0.717, 1.165) is 10.7 Å². The number of rotatable bonds is 4. The van der Waals surface area contributed by atoms with Gasteiger partial charge in [-0.05, 0) is 36.6 Å². The molecule has 1 heterocycles. The number of benzene rings is 2. The molecular weight excluding hydrogens is 282 g/mol. The molecule has 0 radical (unpaired) electrons. The second kappa shape index (κ2) is 5.97. The Labute approximate surface area is 127 Å². The summed E-state index contributed by atoms with van der Waals surface area (Å²) in [5, 5.41) is 5.52. The van der Waals surface area contributed by atoms with Gasteiger partial charge in [0.15, 0.2) is 0 Å². The molecule has 21 heavy (non-hydrogen) atoms. The molecule has 3 aromatic rings. The Hall–Kier alpha value is -2.33. The Morgan fingerprint density at radius 1 is 1.14 bits per heavy atom. The topological polar surface area (TPSA) is 38.3 Å². The molecule has 0 saturated heterocycles. The smallest absolute Gasteiger partial charge is 0.340 e. The number of fused-ring (bicyclic) bond motifs is 1. The van der Waals surface area contributed by atoms with Gasteiger partial charge in [-0.3, -0.25) is 0 Å². The molecule has 0 unspecified atom stereocenters. The minimum atomic E-state index is -0.304. The Balaban J connectivity index is 1.92. The van der Waals surface area contributed by atoms with Crippen molar-refractivity contribution < 1.29 is 9.53 Å². The van der Waals surface area contributed by atoms with E-state index >= 15 is 0 Å². The fraction of sp³-hybridized carbons (Fsp3) is 0.118. The van der Waals surface area contributed by atoms with Crippen molar-refractivity contribution in [3.63, 3.8) is 0 Å². The molecule has 0 bridgehead atoms. The van der Waals surface area contributed by atoms with Gasteiger partial charge in [-0.2, -0.15) is 0 Å². The number of para-hydroxylation sites is 1. The van der Waals surface area contributed by atoms with Gasteiger partial charge in [0.05, 0.1) is 22.9 Å². The lowest BCUT2D eigenvalue weighted by atomic mass is 10.2. The highest BCUT2D eigenvalue weighted by molar-refractivity contribution is 7.22. The van der Waals surface area contributed by atoms with Crippen LogP contribution in [0.25, 0.3) is 10.1 Å². The van der Waals surface area contributed by atoms with Crippen molar-refractivity contribution in [3.05, 3.63) is 60.2 Å². The minimum Gasteiger partial charge on any atom is -0.462 e. The zero-order chi connectivity index (χ0) is 14.7. The van der Waals surface area contributed by atoms with E-state index in [1.54, 1.807) is 24.3 Å². The molecule has 4 heteroatoms. The van der Waals surface area contributed by atoms with Crippen LogP contribution >= 0.6 is 11.3 Å². The van der Waals surface area contributed by atoms with E-state index in [1.807, 2.05) is 30.3 Å². The SMILES string of the molecule is CCOC(=O)c1ccccc1Nc1cc2ccccc2s1. The quantitative estimate of drug-likeness (QED) is 0.701. The second-order valence-corrected chi connectivity index (χ2v) is 5.62. The molecule has 0 spiro atoms. The largest absolute Gasteiger partial charge is 0.462 e. The van der Waals surface area contributed by atoms with Crippen molar-refractivity contribution in [1.29, 1.82) is 0 Å². The van der Waals surface area contributed by atoms with Gasteiger partial charge in [-0.25, -0.2) is 4.79 Å². The molecule has 2 aromatic carbocycles. The lowest BCUT2D eigenvalue weighted by molar-refractivity contribution is 0.0527. The summed E-state index contributed by atoms with van der Waals surface area (Å²) in [6, 6.07) is 17.7. The number of carbonyl (C=O) groups is 1. The van der Waals surface area contributed by atoms with Gasteiger partial charge in [0.1, 0.15) is 0 Å². The van der Waals surface area contributed by atoms with Crippen LogP contribution in [0.4, 0.5) is 10.7 Å². The molecule has 0 amide bonds. The first-order valence-electron chi connectivity index (χ1n) is 6.79. The van der Waals surface area contributed by atoms with Gasteiger partial charge in [-0.15, -0.1) is 11.3 Å². The van der Waals surface area contributed by atoms with Gasteiger partial charge in [0, 0.05) is 4.70 Å². The van der Waals surface area contributed by atoms with Crippen LogP contribution in [0.1, 0.15) is 17.3 Å². The molecule has 106 valence electrons. The Morgan fingerprint density at radius 2 is 1.90 bits per heavy atom. The summed E-state index contributed by atoms with van der Waals surface area (Å²) in [7, 11) is 0. The summed E-state index contributed by atoms with van der Waals surface area (Å²) >= 11 is 1.66. The molecule has 0 aliphatic heterocycles. The zero-order valence-corrected chi connectivity index (χ0v) is 12.4. The molecule has 0 saturated carbocycles. The second-order valence-electron chi connectivity index (χ2n) is 4.54. The molecule has 0 atom stereocenters. The summed E-state index contributed by atoms with van der Waals surface area (Å²) in [4.78, 5) is 12.0. The predicted octanol–water partition coefficient (Wildman–Crippen LogP) is 4.82. The minimum absolute atomic E-state index is 0.304. The van der Waals surface area contributed by atoms with Crippen molar-refractivity contribution in [2.75, 3.05) is 11.9 Å². The van der Waals surface area contributed by atoms with Crippen LogP contribution in [0.15, 0.2) is 54.6 Å². The summed E-state index contributed by atoms with van der Waals surface area (Å²) in [6.45, 7) is 2.18. The molecule has 1 N–H and O–H groups in total. The fourth-order valence-electron chi connectivity index (χ4n) is 2.16. The van der Waals surface area contributed by atoms with E-state index in [9.17, 15) is 4.79 Å². The van der Waals surface area contributed by atoms with E-state index < -0.39 is 0 Å². The normalized spacial score (nSPS) is 10.5. The van der Waals surface area contributed by atoms with Gasteiger partial charge in [0.25, 0.3) is 0 Å². The van der Waals surface area contributed by atoms with E-state index in [-0.39, 0.29) is 5.97 Å². The maximum absolute atomic E-state index is 12.0. The first kappa shape index (κ1) is 13.6. The average molecular weight is 297 g/mol. The number of nitrogens with one attached hydrogen (secondary N) is 1. The number of thiophene rings is 1. The number of hydrogen-bond acceptors (Lipinski definition) is 4. The van der Waals surface area contributed by atoms with Crippen molar-refractivity contribution in [2.24, 2.45) is 0 Å². The molecular formula is C17H15NO2S. The zero-order valence-electron chi connectivity index (χ0n) is 11.6. The van der Waals surface area contributed by atoms with E-state index in [1.165, 1.54) is 10.1 Å². The summed E-state index contributed by atoms with van der Waals surface area (Å²) in [5.74, 6) is -0.304. The number of hydrogen-bond donors (Lipinski definition) is 1. The van der Waals surface area contributed by atoms with Crippen LogP contribution in [-0.2, 0) is 4.74 Å².